The molecule has 0 radical (unpaired) electrons. The SMILES string of the molecule is CCC(C)CNC1CCCCC1C1CCCCC1. The Bertz CT molecular complexity index is 220. The summed E-state index contributed by atoms with van der Waals surface area (Å²) < 4.78 is 0. The first-order chi connectivity index (χ1) is 8.81. The summed E-state index contributed by atoms with van der Waals surface area (Å²) in [4.78, 5) is 0. The molecular formula is C17H33N. The molecule has 2 fully saturated rings. The van der Waals surface area contributed by atoms with Crippen LogP contribution in [0.3, 0.4) is 0 Å². The summed E-state index contributed by atoms with van der Waals surface area (Å²) in [5.41, 5.74) is 0. The van der Waals surface area contributed by atoms with E-state index in [1.807, 2.05) is 0 Å². The molecule has 2 aliphatic rings. The van der Waals surface area contributed by atoms with Crippen molar-refractivity contribution in [2.45, 2.75) is 84.1 Å². The van der Waals surface area contributed by atoms with Crippen molar-refractivity contribution >= 4 is 0 Å². The summed E-state index contributed by atoms with van der Waals surface area (Å²) in [7, 11) is 0. The Morgan fingerprint density at radius 2 is 1.61 bits per heavy atom. The monoisotopic (exact) mass is 251 g/mol. The third-order valence-corrected chi connectivity index (χ3v) is 5.50. The molecule has 18 heavy (non-hydrogen) atoms. The molecule has 2 saturated carbocycles. The maximum atomic E-state index is 3.92. The van der Waals surface area contributed by atoms with Crippen LogP contribution in [-0.4, -0.2) is 12.6 Å². The molecule has 0 aliphatic heterocycles. The molecule has 1 heteroatoms. The van der Waals surface area contributed by atoms with Gasteiger partial charge in [0.25, 0.3) is 0 Å². The maximum absolute atomic E-state index is 3.92. The zero-order chi connectivity index (χ0) is 12.8. The second-order valence-electron chi connectivity index (χ2n) is 6.87. The minimum atomic E-state index is 0.843. The van der Waals surface area contributed by atoms with Gasteiger partial charge in [0.05, 0.1) is 0 Å². The number of hydrogen-bond acceptors (Lipinski definition) is 1. The Morgan fingerprint density at radius 3 is 2.33 bits per heavy atom. The lowest BCUT2D eigenvalue weighted by Crippen LogP contribution is -2.43. The summed E-state index contributed by atoms with van der Waals surface area (Å²) in [6.45, 7) is 5.93. The third-order valence-electron chi connectivity index (χ3n) is 5.50. The lowest BCUT2D eigenvalue weighted by molar-refractivity contribution is 0.147. The van der Waals surface area contributed by atoms with Crippen molar-refractivity contribution in [2.75, 3.05) is 6.54 Å². The number of hydrogen-bond donors (Lipinski definition) is 1. The van der Waals surface area contributed by atoms with Gasteiger partial charge in [-0.25, -0.2) is 0 Å². The smallest absolute Gasteiger partial charge is 0.00980 e. The highest BCUT2D eigenvalue weighted by atomic mass is 14.9. The van der Waals surface area contributed by atoms with Gasteiger partial charge in [-0.05, 0) is 37.1 Å². The quantitative estimate of drug-likeness (QED) is 0.743. The molecule has 0 saturated heterocycles. The molecule has 0 aromatic carbocycles. The van der Waals surface area contributed by atoms with E-state index in [4.69, 9.17) is 0 Å². The Labute approximate surface area is 114 Å². The van der Waals surface area contributed by atoms with Gasteiger partial charge in [0.1, 0.15) is 0 Å². The minimum absolute atomic E-state index is 0.843. The first kappa shape index (κ1) is 14.4. The molecule has 0 heterocycles. The Morgan fingerprint density at radius 1 is 0.944 bits per heavy atom. The van der Waals surface area contributed by atoms with Gasteiger partial charge < -0.3 is 5.32 Å². The van der Waals surface area contributed by atoms with Gasteiger partial charge in [0.15, 0.2) is 0 Å². The van der Waals surface area contributed by atoms with Gasteiger partial charge in [0, 0.05) is 6.04 Å². The van der Waals surface area contributed by atoms with Gasteiger partial charge in [-0.2, -0.15) is 0 Å². The van der Waals surface area contributed by atoms with Crippen LogP contribution in [0, 0.1) is 17.8 Å². The Kier molecular flexibility index (Phi) is 6.01. The molecule has 0 aromatic heterocycles. The fourth-order valence-electron chi connectivity index (χ4n) is 4.04. The van der Waals surface area contributed by atoms with Crippen LogP contribution in [0.2, 0.25) is 0 Å². The Balaban J connectivity index is 1.84. The van der Waals surface area contributed by atoms with E-state index in [9.17, 15) is 0 Å². The van der Waals surface area contributed by atoms with Crippen molar-refractivity contribution in [3.63, 3.8) is 0 Å². The van der Waals surface area contributed by atoms with Crippen molar-refractivity contribution in [1.82, 2.24) is 5.32 Å². The van der Waals surface area contributed by atoms with E-state index in [0.29, 0.717) is 0 Å². The standard InChI is InChI=1S/C17H33N/c1-3-14(2)13-18-17-12-8-7-11-16(17)15-9-5-4-6-10-15/h14-18H,3-13H2,1-2H3. The van der Waals surface area contributed by atoms with Crippen molar-refractivity contribution in [2.24, 2.45) is 17.8 Å². The fraction of sp³-hybridized carbons (Fsp3) is 1.00. The summed E-state index contributed by atoms with van der Waals surface area (Å²) in [5, 5.41) is 3.92. The molecule has 0 aromatic rings. The first-order valence-corrected chi connectivity index (χ1v) is 8.54. The summed E-state index contributed by atoms with van der Waals surface area (Å²) in [5.74, 6) is 2.90. The molecule has 0 amide bonds. The van der Waals surface area contributed by atoms with Crippen LogP contribution in [0.15, 0.2) is 0 Å². The second kappa shape index (κ2) is 7.53. The number of rotatable bonds is 5. The van der Waals surface area contributed by atoms with Crippen molar-refractivity contribution in [1.29, 1.82) is 0 Å². The van der Waals surface area contributed by atoms with Crippen LogP contribution >= 0.6 is 0 Å². The van der Waals surface area contributed by atoms with Gasteiger partial charge >= 0.3 is 0 Å². The van der Waals surface area contributed by atoms with Crippen LogP contribution < -0.4 is 5.32 Å². The highest BCUT2D eigenvalue weighted by Crippen LogP contribution is 2.38. The van der Waals surface area contributed by atoms with Gasteiger partial charge in [-0.15, -0.1) is 0 Å². The van der Waals surface area contributed by atoms with Crippen LogP contribution in [0.5, 0.6) is 0 Å². The van der Waals surface area contributed by atoms with Crippen molar-refractivity contribution in [3.05, 3.63) is 0 Å². The first-order valence-electron chi connectivity index (χ1n) is 8.54. The molecule has 0 spiro atoms. The molecule has 1 nitrogen and oxygen atoms in total. The Hall–Kier alpha value is -0.0400. The van der Waals surface area contributed by atoms with E-state index in [2.05, 4.69) is 19.2 Å². The molecule has 1 N–H and O–H groups in total. The van der Waals surface area contributed by atoms with Crippen molar-refractivity contribution < 1.29 is 0 Å². The average Bonchev–Trinajstić information content (AvgIpc) is 2.46. The predicted octanol–water partition coefficient (Wildman–Crippen LogP) is 4.76. The normalized spacial score (nSPS) is 32.3. The molecule has 3 atom stereocenters. The molecule has 2 rings (SSSR count). The predicted molar refractivity (Wildman–Crippen MR) is 79.8 cm³/mol. The van der Waals surface area contributed by atoms with Crippen LogP contribution in [0.25, 0.3) is 0 Å². The van der Waals surface area contributed by atoms with Gasteiger partial charge in [-0.1, -0.05) is 65.2 Å². The summed E-state index contributed by atoms with van der Waals surface area (Å²) >= 11 is 0. The topological polar surface area (TPSA) is 12.0 Å². The third kappa shape index (κ3) is 3.98. The van der Waals surface area contributed by atoms with E-state index in [-0.39, 0.29) is 0 Å². The molecular weight excluding hydrogens is 218 g/mol. The van der Waals surface area contributed by atoms with Crippen LogP contribution in [0.1, 0.15) is 78.1 Å². The van der Waals surface area contributed by atoms with Gasteiger partial charge in [0.2, 0.25) is 0 Å². The second-order valence-corrected chi connectivity index (χ2v) is 6.87. The molecule has 0 bridgehead atoms. The van der Waals surface area contributed by atoms with Crippen LogP contribution in [-0.2, 0) is 0 Å². The highest BCUT2D eigenvalue weighted by molar-refractivity contribution is 4.87. The fourth-order valence-corrected chi connectivity index (χ4v) is 4.04. The minimum Gasteiger partial charge on any atom is -0.313 e. The lowest BCUT2D eigenvalue weighted by atomic mass is 9.71. The van der Waals surface area contributed by atoms with E-state index in [0.717, 1.165) is 23.8 Å². The molecule has 3 unspecified atom stereocenters. The average molecular weight is 251 g/mol. The number of nitrogens with one attached hydrogen (secondary N) is 1. The zero-order valence-electron chi connectivity index (χ0n) is 12.6. The van der Waals surface area contributed by atoms with E-state index in [1.165, 1.54) is 70.8 Å². The lowest BCUT2D eigenvalue weighted by Gasteiger charge is -2.40. The van der Waals surface area contributed by atoms with E-state index >= 15 is 0 Å². The zero-order valence-corrected chi connectivity index (χ0v) is 12.6. The van der Waals surface area contributed by atoms with E-state index < -0.39 is 0 Å². The van der Waals surface area contributed by atoms with E-state index in [1.54, 1.807) is 0 Å². The van der Waals surface area contributed by atoms with Crippen molar-refractivity contribution in [3.8, 4) is 0 Å². The summed E-state index contributed by atoms with van der Waals surface area (Å²) in [6, 6.07) is 0.843. The molecule has 106 valence electrons. The van der Waals surface area contributed by atoms with Gasteiger partial charge in [-0.3, -0.25) is 0 Å². The highest BCUT2D eigenvalue weighted by Gasteiger charge is 2.32. The maximum Gasteiger partial charge on any atom is 0.00980 e. The molecule has 2 aliphatic carbocycles. The summed E-state index contributed by atoms with van der Waals surface area (Å²) in [6.07, 6.45) is 14.7. The largest absolute Gasteiger partial charge is 0.313 e. The van der Waals surface area contributed by atoms with Crippen LogP contribution in [0.4, 0.5) is 0 Å².